The van der Waals surface area contributed by atoms with Crippen molar-refractivity contribution < 1.29 is 13.9 Å². The second kappa shape index (κ2) is 7.94. The minimum absolute atomic E-state index is 0.0895. The smallest absolute Gasteiger partial charge is 0.193 e. The van der Waals surface area contributed by atoms with Gasteiger partial charge in [0.2, 0.25) is 0 Å². The third-order valence-corrected chi connectivity index (χ3v) is 5.94. The highest BCUT2D eigenvalue weighted by Gasteiger charge is 2.12. The number of benzene rings is 1. The lowest BCUT2D eigenvalue weighted by Crippen LogP contribution is -2.38. The van der Waals surface area contributed by atoms with Gasteiger partial charge in [0, 0.05) is 38.0 Å². The van der Waals surface area contributed by atoms with Gasteiger partial charge in [0.25, 0.3) is 0 Å². The molecule has 0 amide bonds. The first-order valence-corrected chi connectivity index (χ1v) is 10.5. The van der Waals surface area contributed by atoms with Crippen molar-refractivity contribution in [3.05, 3.63) is 58.2 Å². The van der Waals surface area contributed by atoms with E-state index in [0.29, 0.717) is 34.8 Å². The summed E-state index contributed by atoms with van der Waals surface area (Å²) in [7, 11) is 0. The number of thiophene rings is 1. The molecule has 7 heteroatoms. The molecule has 6 nitrogen and oxygen atoms in total. The van der Waals surface area contributed by atoms with Gasteiger partial charge in [-0.2, -0.15) is 0 Å². The first kappa shape index (κ1) is 18.3. The summed E-state index contributed by atoms with van der Waals surface area (Å²) in [6.07, 6.45) is 1.81. The Morgan fingerprint density at radius 2 is 2.03 bits per heavy atom. The molecule has 148 valence electrons. The van der Waals surface area contributed by atoms with Crippen molar-refractivity contribution in [2.75, 3.05) is 39.5 Å². The molecule has 0 aliphatic carbocycles. The number of nitrogens with zero attached hydrogens (tertiary/aromatic N) is 2. The van der Waals surface area contributed by atoms with E-state index < -0.39 is 0 Å². The van der Waals surface area contributed by atoms with Crippen molar-refractivity contribution >= 4 is 32.4 Å². The summed E-state index contributed by atoms with van der Waals surface area (Å²) in [5.41, 5.74) is 1.06. The maximum Gasteiger partial charge on any atom is 0.193 e. The van der Waals surface area contributed by atoms with Crippen LogP contribution in [0.2, 0.25) is 0 Å². The lowest BCUT2D eigenvalue weighted by molar-refractivity contribution is 0.0322. The van der Waals surface area contributed by atoms with Crippen LogP contribution in [-0.2, 0) is 4.74 Å². The van der Waals surface area contributed by atoms with E-state index in [-0.39, 0.29) is 5.43 Å². The molecule has 1 aliphatic rings. The lowest BCUT2D eigenvalue weighted by Gasteiger charge is -2.26. The topological polar surface area (TPSA) is 64.8 Å². The molecule has 3 aromatic heterocycles. The van der Waals surface area contributed by atoms with Crippen LogP contribution in [0.15, 0.2) is 57.2 Å². The molecule has 1 aliphatic heterocycles. The first-order valence-electron chi connectivity index (χ1n) is 9.61. The summed E-state index contributed by atoms with van der Waals surface area (Å²) in [6.45, 7) is 4.83. The molecule has 0 unspecified atom stereocenters. The van der Waals surface area contributed by atoms with Crippen LogP contribution in [0.5, 0.6) is 5.75 Å². The van der Waals surface area contributed by atoms with Crippen molar-refractivity contribution in [2.24, 2.45) is 0 Å². The monoisotopic (exact) mass is 408 g/mol. The molecule has 4 aromatic rings. The van der Waals surface area contributed by atoms with Crippen molar-refractivity contribution in [2.45, 2.75) is 0 Å². The molecule has 29 heavy (non-hydrogen) atoms. The van der Waals surface area contributed by atoms with Crippen LogP contribution >= 0.6 is 11.3 Å². The fourth-order valence-electron chi connectivity index (χ4n) is 3.47. The molecule has 0 bridgehead atoms. The van der Waals surface area contributed by atoms with Gasteiger partial charge in [-0.1, -0.05) is 0 Å². The van der Waals surface area contributed by atoms with Gasteiger partial charge in [-0.3, -0.25) is 14.7 Å². The molecule has 0 N–H and O–H groups in total. The number of ether oxygens (including phenoxy) is 2. The Morgan fingerprint density at radius 3 is 2.93 bits per heavy atom. The van der Waals surface area contributed by atoms with E-state index in [4.69, 9.17) is 13.9 Å². The number of morpholine rings is 1. The number of aromatic nitrogens is 1. The molecule has 5 rings (SSSR count). The Hall–Kier alpha value is -2.74. The fourth-order valence-corrected chi connectivity index (χ4v) is 4.21. The molecule has 0 saturated carbocycles. The molecule has 1 fully saturated rings. The van der Waals surface area contributed by atoms with Gasteiger partial charge >= 0.3 is 0 Å². The zero-order valence-corrected chi connectivity index (χ0v) is 16.6. The Morgan fingerprint density at radius 1 is 1.14 bits per heavy atom. The third-order valence-electron chi connectivity index (χ3n) is 5.07. The van der Waals surface area contributed by atoms with Crippen molar-refractivity contribution in [1.82, 2.24) is 9.88 Å². The van der Waals surface area contributed by atoms with Gasteiger partial charge in [0.15, 0.2) is 11.2 Å². The Kier molecular flexibility index (Phi) is 5.01. The highest BCUT2D eigenvalue weighted by atomic mass is 32.1. The first-order chi connectivity index (χ1) is 14.3. The summed E-state index contributed by atoms with van der Waals surface area (Å²) >= 11 is 1.63. The molecular weight excluding hydrogens is 388 g/mol. The average molecular weight is 408 g/mol. The zero-order valence-electron chi connectivity index (χ0n) is 15.8. The van der Waals surface area contributed by atoms with Crippen LogP contribution < -0.4 is 10.2 Å². The Labute approximate surface area is 171 Å². The number of hydrogen-bond acceptors (Lipinski definition) is 7. The maximum atomic E-state index is 12.6. The van der Waals surface area contributed by atoms with Crippen LogP contribution in [0.4, 0.5) is 0 Å². The minimum atomic E-state index is -0.0895. The van der Waals surface area contributed by atoms with Crippen LogP contribution in [0, 0.1) is 0 Å². The molecular formula is C22H20N2O4S. The summed E-state index contributed by atoms with van der Waals surface area (Å²) < 4.78 is 18.4. The summed E-state index contributed by atoms with van der Waals surface area (Å²) in [5, 5.41) is 3.64. The molecule has 0 spiro atoms. The second-order valence-corrected chi connectivity index (χ2v) is 7.91. The number of pyridine rings is 1. The average Bonchev–Trinajstić information content (AvgIpc) is 3.22. The minimum Gasteiger partial charge on any atom is -0.492 e. The summed E-state index contributed by atoms with van der Waals surface area (Å²) in [5.74, 6) is 1.15. The third kappa shape index (κ3) is 3.89. The van der Waals surface area contributed by atoms with Crippen LogP contribution in [0.3, 0.4) is 0 Å². The quantitative estimate of drug-likeness (QED) is 0.501. The van der Waals surface area contributed by atoms with Gasteiger partial charge in [0.1, 0.15) is 23.6 Å². The van der Waals surface area contributed by atoms with Crippen molar-refractivity contribution in [3.63, 3.8) is 0 Å². The van der Waals surface area contributed by atoms with Gasteiger partial charge in [-0.25, -0.2) is 0 Å². The highest BCUT2D eigenvalue weighted by molar-refractivity contribution is 7.17. The largest absolute Gasteiger partial charge is 0.492 e. The lowest BCUT2D eigenvalue weighted by atomic mass is 10.2. The summed E-state index contributed by atoms with van der Waals surface area (Å²) in [4.78, 5) is 19.3. The van der Waals surface area contributed by atoms with E-state index in [1.54, 1.807) is 23.5 Å². The second-order valence-electron chi connectivity index (χ2n) is 6.96. The fraction of sp³-hybridized carbons (Fsp3) is 0.273. The zero-order chi connectivity index (χ0) is 19.6. The molecule has 1 aromatic carbocycles. The van der Waals surface area contributed by atoms with Crippen LogP contribution in [0.25, 0.3) is 32.5 Å². The maximum absolute atomic E-state index is 12.6. The molecule has 4 heterocycles. The molecule has 1 saturated heterocycles. The predicted molar refractivity (Wildman–Crippen MR) is 114 cm³/mol. The Balaban J connectivity index is 1.39. The van der Waals surface area contributed by atoms with Crippen molar-refractivity contribution in [1.29, 1.82) is 0 Å². The SMILES string of the molecule is O=c1cc(-c2cc3ccsc3cn2)oc2cc(OCCN3CCOCC3)ccc12. The molecule has 0 radical (unpaired) electrons. The van der Waals surface area contributed by atoms with E-state index in [1.165, 1.54) is 6.07 Å². The van der Waals surface area contributed by atoms with E-state index in [9.17, 15) is 4.79 Å². The number of hydrogen-bond donors (Lipinski definition) is 0. The highest BCUT2D eigenvalue weighted by Crippen LogP contribution is 2.27. The Bertz CT molecular complexity index is 1210. The van der Waals surface area contributed by atoms with Gasteiger partial charge in [-0.15, -0.1) is 11.3 Å². The summed E-state index contributed by atoms with van der Waals surface area (Å²) in [6, 6.07) is 10.8. The van der Waals surface area contributed by atoms with Crippen molar-refractivity contribution in [3.8, 4) is 17.2 Å². The predicted octanol–water partition coefficient (Wildman–Crippen LogP) is 3.78. The van der Waals surface area contributed by atoms with Gasteiger partial charge < -0.3 is 13.9 Å². The van der Waals surface area contributed by atoms with E-state index in [2.05, 4.69) is 9.88 Å². The standard InChI is InChI=1S/C22H20N2O4S/c25-19-13-21(18-11-15-3-10-29-22(15)14-23-18)28-20-12-16(1-2-17(19)20)27-9-6-24-4-7-26-8-5-24/h1-3,10-14H,4-9H2. The number of rotatable bonds is 5. The molecule has 0 atom stereocenters. The van der Waals surface area contributed by atoms with E-state index in [0.717, 1.165) is 42.9 Å². The van der Waals surface area contributed by atoms with Gasteiger partial charge in [0.05, 0.1) is 23.3 Å². The van der Waals surface area contributed by atoms with Crippen LogP contribution in [-0.4, -0.2) is 49.3 Å². The van der Waals surface area contributed by atoms with E-state index in [1.807, 2.05) is 29.8 Å². The normalized spacial score (nSPS) is 15.2. The van der Waals surface area contributed by atoms with Gasteiger partial charge in [-0.05, 0) is 35.0 Å². The number of fused-ring (bicyclic) bond motifs is 2. The van der Waals surface area contributed by atoms with E-state index >= 15 is 0 Å². The van der Waals surface area contributed by atoms with Crippen LogP contribution in [0.1, 0.15) is 0 Å².